The minimum atomic E-state index is -0.553. The van der Waals surface area contributed by atoms with Crippen LogP contribution in [0, 0.1) is 5.82 Å². The number of halogens is 1. The summed E-state index contributed by atoms with van der Waals surface area (Å²) in [6.07, 6.45) is 1.20. The normalized spacial score (nSPS) is 22.3. The lowest BCUT2D eigenvalue weighted by molar-refractivity contribution is -0.144. The molecule has 3 nitrogen and oxygen atoms in total. The first-order chi connectivity index (χ1) is 8.91. The first kappa shape index (κ1) is 14.0. The molecule has 1 aromatic rings. The molecule has 0 spiro atoms. The lowest BCUT2D eigenvalue weighted by Gasteiger charge is -2.46. The van der Waals surface area contributed by atoms with Gasteiger partial charge in [0.15, 0.2) is 0 Å². The Morgan fingerprint density at radius 3 is 2.95 bits per heavy atom. The van der Waals surface area contributed by atoms with Crippen LogP contribution in [0.15, 0.2) is 24.3 Å². The van der Waals surface area contributed by atoms with Gasteiger partial charge in [-0.25, -0.2) is 4.39 Å². The third kappa shape index (κ3) is 2.95. The summed E-state index contributed by atoms with van der Waals surface area (Å²) < 4.78 is 13.1. The van der Waals surface area contributed by atoms with Gasteiger partial charge in [0.05, 0.1) is 18.1 Å². The summed E-state index contributed by atoms with van der Waals surface area (Å²) in [5.41, 5.74) is 0.115. The molecule has 1 atom stereocenters. The fraction of sp³-hybridized carbons (Fsp3) is 0.533. The molecule has 4 heteroatoms. The first-order valence-electron chi connectivity index (χ1n) is 6.64. The number of rotatable bonds is 2. The molecule has 1 saturated heterocycles. The van der Waals surface area contributed by atoms with Crippen LogP contribution in [0.4, 0.5) is 4.39 Å². The van der Waals surface area contributed by atoms with Gasteiger partial charge in [-0.1, -0.05) is 12.1 Å². The highest BCUT2D eigenvalue weighted by Gasteiger charge is 2.39. The van der Waals surface area contributed by atoms with Crippen LogP contribution in [0.5, 0.6) is 0 Å². The second-order valence-corrected chi connectivity index (χ2v) is 5.66. The molecule has 0 aliphatic carbocycles. The van der Waals surface area contributed by atoms with Gasteiger partial charge in [-0.15, -0.1) is 0 Å². The van der Waals surface area contributed by atoms with Gasteiger partial charge in [0.1, 0.15) is 5.82 Å². The van der Waals surface area contributed by atoms with Crippen molar-refractivity contribution in [3.05, 3.63) is 35.6 Å². The highest BCUT2D eigenvalue weighted by molar-refractivity contribution is 5.79. The Kier molecular flexibility index (Phi) is 3.90. The third-order valence-corrected chi connectivity index (χ3v) is 3.92. The number of aliphatic hydroxyl groups excluding tert-OH is 1. The van der Waals surface area contributed by atoms with E-state index < -0.39 is 11.6 Å². The van der Waals surface area contributed by atoms with Gasteiger partial charge in [0.2, 0.25) is 5.91 Å². The Morgan fingerprint density at radius 2 is 2.26 bits per heavy atom. The van der Waals surface area contributed by atoms with Crippen molar-refractivity contribution in [3.8, 4) is 0 Å². The van der Waals surface area contributed by atoms with Gasteiger partial charge >= 0.3 is 0 Å². The molecule has 1 amide bonds. The smallest absolute Gasteiger partial charge is 0.227 e. The maximum atomic E-state index is 13.1. The minimum absolute atomic E-state index is 0.0608. The van der Waals surface area contributed by atoms with E-state index in [2.05, 4.69) is 0 Å². The highest BCUT2D eigenvalue weighted by atomic mass is 19.1. The summed E-state index contributed by atoms with van der Waals surface area (Å²) in [7, 11) is 0. The molecule has 2 rings (SSSR count). The average Bonchev–Trinajstić information content (AvgIpc) is 2.32. The topological polar surface area (TPSA) is 40.5 Å². The molecule has 0 saturated carbocycles. The van der Waals surface area contributed by atoms with Crippen molar-refractivity contribution in [2.45, 2.75) is 44.8 Å². The van der Waals surface area contributed by atoms with E-state index in [1.54, 1.807) is 17.0 Å². The monoisotopic (exact) mass is 265 g/mol. The maximum Gasteiger partial charge on any atom is 0.227 e. The van der Waals surface area contributed by atoms with Gasteiger partial charge in [-0.05, 0) is 44.4 Å². The zero-order valence-electron chi connectivity index (χ0n) is 11.4. The summed E-state index contributed by atoms with van der Waals surface area (Å²) in [5, 5.41) is 10.0. The number of piperidine rings is 1. The predicted molar refractivity (Wildman–Crippen MR) is 71.1 cm³/mol. The van der Waals surface area contributed by atoms with Gasteiger partial charge in [0, 0.05) is 6.54 Å². The minimum Gasteiger partial charge on any atom is -0.391 e. The summed E-state index contributed by atoms with van der Waals surface area (Å²) in [6, 6.07) is 6.09. The molecule has 1 fully saturated rings. The molecule has 1 unspecified atom stereocenters. The summed E-state index contributed by atoms with van der Waals surface area (Å²) in [5.74, 6) is -0.391. The van der Waals surface area contributed by atoms with E-state index in [-0.39, 0.29) is 18.1 Å². The van der Waals surface area contributed by atoms with E-state index >= 15 is 0 Å². The number of amides is 1. The number of likely N-dealkylation sites (tertiary alicyclic amines) is 1. The zero-order chi connectivity index (χ0) is 14.0. The van der Waals surface area contributed by atoms with E-state index in [0.717, 1.165) is 12.8 Å². The van der Waals surface area contributed by atoms with E-state index in [1.807, 2.05) is 13.8 Å². The lowest BCUT2D eigenvalue weighted by Crippen LogP contribution is -2.58. The number of carbonyl (C=O) groups excluding carboxylic acids is 1. The number of hydrogen-bond acceptors (Lipinski definition) is 2. The van der Waals surface area contributed by atoms with E-state index in [0.29, 0.717) is 12.1 Å². The van der Waals surface area contributed by atoms with Crippen molar-refractivity contribution in [2.75, 3.05) is 6.54 Å². The van der Waals surface area contributed by atoms with Crippen LogP contribution in [0.2, 0.25) is 0 Å². The Balaban J connectivity index is 2.11. The molecular weight excluding hydrogens is 245 g/mol. The number of carbonyl (C=O) groups is 1. The fourth-order valence-corrected chi connectivity index (χ4v) is 2.63. The first-order valence-corrected chi connectivity index (χ1v) is 6.64. The van der Waals surface area contributed by atoms with Crippen LogP contribution in [0.1, 0.15) is 32.3 Å². The van der Waals surface area contributed by atoms with Crippen molar-refractivity contribution in [3.63, 3.8) is 0 Å². The van der Waals surface area contributed by atoms with Gasteiger partial charge < -0.3 is 10.0 Å². The molecule has 0 aromatic heterocycles. The quantitative estimate of drug-likeness (QED) is 0.890. The Hall–Kier alpha value is -1.42. The molecule has 0 bridgehead atoms. The summed E-state index contributed by atoms with van der Waals surface area (Å²) in [4.78, 5) is 14.0. The van der Waals surface area contributed by atoms with E-state index in [4.69, 9.17) is 0 Å². The molecule has 0 radical (unpaired) electrons. The highest BCUT2D eigenvalue weighted by Crippen LogP contribution is 2.28. The molecule has 1 heterocycles. The lowest BCUT2D eigenvalue weighted by atomic mass is 9.87. The number of hydrogen-bond donors (Lipinski definition) is 1. The molecular formula is C15H20FNO2. The molecule has 1 aromatic carbocycles. The second kappa shape index (κ2) is 5.29. The van der Waals surface area contributed by atoms with Crippen molar-refractivity contribution in [1.82, 2.24) is 4.90 Å². The number of nitrogens with zero attached hydrogens (tertiary/aromatic N) is 1. The van der Waals surface area contributed by atoms with E-state index in [9.17, 15) is 14.3 Å². The Bertz CT molecular complexity index is 473. The summed E-state index contributed by atoms with van der Waals surface area (Å²) in [6.45, 7) is 4.40. The van der Waals surface area contributed by atoms with Crippen LogP contribution in [0.25, 0.3) is 0 Å². The SMILES string of the molecule is CC1(C)C(O)CCCN1C(=O)Cc1cccc(F)c1. The van der Waals surface area contributed by atoms with Gasteiger partial charge in [-0.2, -0.15) is 0 Å². The van der Waals surface area contributed by atoms with Crippen molar-refractivity contribution < 1.29 is 14.3 Å². The predicted octanol–water partition coefficient (Wildman–Crippen LogP) is 2.13. The second-order valence-electron chi connectivity index (χ2n) is 5.66. The Labute approximate surface area is 113 Å². The molecule has 104 valence electrons. The van der Waals surface area contributed by atoms with Gasteiger partial charge in [0.25, 0.3) is 0 Å². The maximum absolute atomic E-state index is 13.1. The largest absolute Gasteiger partial charge is 0.391 e. The van der Waals surface area contributed by atoms with Crippen LogP contribution in [0.3, 0.4) is 0 Å². The number of aliphatic hydroxyl groups is 1. The van der Waals surface area contributed by atoms with Crippen LogP contribution < -0.4 is 0 Å². The molecule has 1 aliphatic heterocycles. The van der Waals surface area contributed by atoms with Gasteiger partial charge in [-0.3, -0.25) is 4.79 Å². The summed E-state index contributed by atoms with van der Waals surface area (Å²) >= 11 is 0. The Morgan fingerprint density at radius 1 is 1.53 bits per heavy atom. The van der Waals surface area contributed by atoms with E-state index in [1.165, 1.54) is 12.1 Å². The van der Waals surface area contributed by atoms with Crippen molar-refractivity contribution in [2.24, 2.45) is 0 Å². The fourth-order valence-electron chi connectivity index (χ4n) is 2.63. The molecule has 1 aliphatic rings. The van der Waals surface area contributed by atoms with Crippen molar-refractivity contribution >= 4 is 5.91 Å². The average molecular weight is 265 g/mol. The zero-order valence-corrected chi connectivity index (χ0v) is 11.4. The third-order valence-electron chi connectivity index (χ3n) is 3.92. The van der Waals surface area contributed by atoms with Crippen LogP contribution >= 0.6 is 0 Å². The molecule has 19 heavy (non-hydrogen) atoms. The van der Waals surface area contributed by atoms with Crippen molar-refractivity contribution in [1.29, 1.82) is 0 Å². The number of benzene rings is 1. The van der Waals surface area contributed by atoms with Crippen LogP contribution in [-0.4, -0.2) is 34.1 Å². The standard InChI is InChI=1S/C15H20FNO2/c1-15(2)13(18)7-4-8-17(15)14(19)10-11-5-3-6-12(16)9-11/h3,5-6,9,13,18H,4,7-8,10H2,1-2H3. The van der Waals surface area contributed by atoms with Crippen LogP contribution in [-0.2, 0) is 11.2 Å². The molecule has 1 N–H and O–H groups in total.